The molecule has 35 heavy (non-hydrogen) atoms. The molecule has 3 heterocycles. The van der Waals surface area contributed by atoms with Gasteiger partial charge in [-0.05, 0) is 60.4 Å². The first kappa shape index (κ1) is 22.4. The van der Waals surface area contributed by atoms with Crippen LogP contribution in [0.25, 0.3) is 11.3 Å². The van der Waals surface area contributed by atoms with Gasteiger partial charge in [0.1, 0.15) is 18.2 Å². The second-order valence-corrected chi connectivity index (χ2v) is 11.1. The van der Waals surface area contributed by atoms with Gasteiger partial charge in [0.25, 0.3) is 0 Å². The van der Waals surface area contributed by atoms with Crippen LogP contribution in [0.1, 0.15) is 63.1 Å². The number of ether oxygens (including phenoxy) is 2. The molecule has 0 radical (unpaired) electrons. The molecule has 0 saturated heterocycles. The third-order valence-electron chi connectivity index (χ3n) is 8.45. The van der Waals surface area contributed by atoms with Crippen molar-refractivity contribution in [2.24, 2.45) is 30.7 Å². The standard InChI is InChI=1S/C28H34N4O3/c1-16(2)19-7-5-17(3)11-25(19)35-28(33)32-13-22(29-15-32)27-21-14-34-24-8-6-18(12-20(24)26(21)27)23-9-10-30-31(23)4/h6,8-10,12-13,15-17,19,21,25-27H,5,7,11,14H2,1-4H3/t17-,19+,21+,25-,26-,27+/m1/s1. The summed E-state index contributed by atoms with van der Waals surface area (Å²) in [6.07, 6.45) is 8.24. The predicted octanol–water partition coefficient (Wildman–Crippen LogP) is 5.62. The molecule has 2 aliphatic carbocycles. The van der Waals surface area contributed by atoms with Gasteiger partial charge in [0.05, 0.1) is 18.0 Å². The second kappa shape index (κ2) is 8.54. The van der Waals surface area contributed by atoms with Gasteiger partial charge >= 0.3 is 6.09 Å². The highest BCUT2D eigenvalue weighted by Crippen LogP contribution is 2.64. The van der Waals surface area contributed by atoms with Crippen LogP contribution in [0.15, 0.2) is 43.0 Å². The molecular weight excluding hydrogens is 440 g/mol. The molecule has 0 spiro atoms. The SMILES string of the molecule is CC(C)[C@@H]1CC[C@@H](C)C[C@H]1OC(=O)n1cnc([C@@H]2[C@H]3COc4ccc(-c5ccnn5C)cc4[C@H]32)c1. The lowest BCUT2D eigenvalue weighted by Crippen LogP contribution is -2.36. The van der Waals surface area contributed by atoms with Crippen molar-refractivity contribution >= 4 is 6.09 Å². The summed E-state index contributed by atoms with van der Waals surface area (Å²) < 4.78 is 15.5. The Kier molecular flexibility index (Phi) is 5.46. The van der Waals surface area contributed by atoms with Gasteiger partial charge in [-0.2, -0.15) is 5.10 Å². The fourth-order valence-corrected chi connectivity index (χ4v) is 6.40. The lowest BCUT2D eigenvalue weighted by atomic mass is 9.75. The van der Waals surface area contributed by atoms with Crippen LogP contribution in [0, 0.1) is 23.7 Å². The molecule has 6 atom stereocenters. The molecule has 2 saturated carbocycles. The first-order valence-electron chi connectivity index (χ1n) is 12.9. The second-order valence-electron chi connectivity index (χ2n) is 11.1. The molecule has 0 unspecified atom stereocenters. The fraction of sp³-hybridized carbons (Fsp3) is 0.536. The maximum Gasteiger partial charge on any atom is 0.419 e. The highest BCUT2D eigenvalue weighted by Gasteiger charge is 2.56. The monoisotopic (exact) mass is 474 g/mol. The van der Waals surface area contributed by atoms with E-state index in [-0.39, 0.29) is 18.1 Å². The summed E-state index contributed by atoms with van der Waals surface area (Å²) in [5, 5.41) is 4.31. The summed E-state index contributed by atoms with van der Waals surface area (Å²) in [6.45, 7) is 7.39. The van der Waals surface area contributed by atoms with Gasteiger partial charge in [-0.1, -0.05) is 27.2 Å². The molecule has 7 heteroatoms. The molecule has 6 rings (SSSR count). The topological polar surface area (TPSA) is 71.2 Å². The van der Waals surface area contributed by atoms with Gasteiger partial charge in [0.15, 0.2) is 0 Å². The summed E-state index contributed by atoms with van der Waals surface area (Å²) in [5.41, 5.74) is 4.37. The smallest absolute Gasteiger partial charge is 0.419 e. The minimum absolute atomic E-state index is 0.0219. The third kappa shape index (κ3) is 3.95. The van der Waals surface area contributed by atoms with Crippen LogP contribution in [-0.4, -0.2) is 38.1 Å². The first-order valence-corrected chi connectivity index (χ1v) is 12.9. The molecule has 2 aromatic heterocycles. The van der Waals surface area contributed by atoms with Gasteiger partial charge in [-0.15, -0.1) is 0 Å². The number of rotatable bonds is 4. The molecule has 7 nitrogen and oxygen atoms in total. The molecule has 0 bridgehead atoms. The van der Waals surface area contributed by atoms with E-state index in [1.165, 1.54) is 16.6 Å². The van der Waals surface area contributed by atoms with E-state index in [0.29, 0.717) is 36.2 Å². The normalized spacial score (nSPS) is 29.3. The minimum atomic E-state index is -0.313. The number of hydrogen-bond acceptors (Lipinski definition) is 5. The molecule has 0 amide bonds. The number of aryl methyl sites for hydroxylation is 1. The molecule has 0 N–H and O–H groups in total. The summed E-state index contributed by atoms with van der Waals surface area (Å²) in [5.74, 6) is 3.46. The largest absolute Gasteiger partial charge is 0.493 e. The van der Waals surface area contributed by atoms with Crippen LogP contribution in [0.3, 0.4) is 0 Å². The van der Waals surface area contributed by atoms with Gasteiger partial charge in [-0.25, -0.2) is 14.3 Å². The molecule has 2 fully saturated rings. The fourth-order valence-electron chi connectivity index (χ4n) is 6.40. The van der Waals surface area contributed by atoms with Gasteiger partial charge in [-0.3, -0.25) is 4.68 Å². The number of aromatic nitrogens is 4. The Labute approximate surface area is 206 Å². The number of fused-ring (bicyclic) bond motifs is 3. The average Bonchev–Trinajstić information content (AvgIpc) is 3.13. The maximum atomic E-state index is 13.0. The zero-order valence-electron chi connectivity index (χ0n) is 20.9. The van der Waals surface area contributed by atoms with Crippen LogP contribution >= 0.6 is 0 Å². The summed E-state index contributed by atoms with van der Waals surface area (Å²) in [7, 11) is 1.96. The van der Waals surface area contributed by atoms with E-state index in [9.17, 15) is 4.79 Å². The lowest BCUT2D eigenvalue weighted by molar-refractivity contribution is 0.00672. The first-order chi connectivity index (χ1) is 16.9. The molecule has 1 aromatic carbocycles. The van der Waals surface area contributed by atoms with Crippen molar-refractivity contribution in [3.63, 3.8) is 0 Å². The van der Waals surface area contributed by atoms with Crippen molar-refractivity contribution in [1.82, 2.24) is 19.3 Å². The Hall–Kier alpha value is -3.09. The molecular formula is C28H34N4O3. The number of carbonyl (C=O) groups is 1. The zero-order chi connectivity index (χ0) is 24.3. The lowest BCUT2D eigenvalue weighted by Gasteiger charge is -2.36. The molecule has 1 aliphatic heterocycles. The van der Waals surface area contributed by atoms with Gasteiger partial charge in [0, 0.05) is 42.8 Å². The summed E-state index contributed by atoms with van der Waals surface area (Å²) >= 11 is 0. The van der Waals surface area contributed by atoms with Crippen LogP contribution in [-0.2, 0) is 11.8 Å². The van der Waals surface area contributed by atoms with E-state index < -0.39 is 0 Å². The molecule has 3 aromatic rings. The van der Waals surface area contributed by atoms with Crippen molar-refractivity contribution in [2.45, 2.75) is 58.0 Å². The third-order valence-corrected chi connectivity index (χ3v) is 8.45. The Balaban J connectivity index is 1.19. The summed E-state index contributed by atoms with van der Waals surface area (Å²) in [4.78, 5) is 17.7. The van der Waals surface area contributed by atoms with E-state index in [2.05, 4.69) is 49.1 Å². The van der Waals surface area contributed by atoms with E-state index in [1.807, 2.05) is 30.2 Å². The summed E-state index contributed by atoms with van der Waals surface area (Å²) in [6, 6.07) is 8.41. The zero-order valence-corrected chi connectivity index (χ0v) is 20.9. The quantitative estimate of drug-likeness (QED) is 0.491. The van der Waals surface area contributed by atoms with Gasteiger partial charge in [0.2, 0.25) is 0 Å². The van der Waals surface area contributed by atoms with Crippen molar-refractivity contribution in [3.05, 3.63) is 54.2 Å². The van der Waals surface area contributed by atoms with Crippen LogP contribution < -0.4 is 4.74 Å². The Morgan fingerprint density at radius 3 is 2.83 bits per heavy atom. The minimum Gasteiger partial charge on any atom is -0.493 e. The highest BCUT2D eigenvalue weighted by molar-refractivity contribution is 5.71. The van der Waals surface area contributed by atoms with Gasteiger partial charge < -0.3 is 9.47 Å². The maximum absolute atomic E-state index is 13.0. The van der Waals surface area contributed by atoms with Crippen LogP contribution in [0.4, 0.5) is 4.79 Å². The van der Waals surface area contributed by atoms with Crippen LogP contribution in [0.5, 0.6) is 5.75 Å². The van der Waals surface area contributed by atoms with Crippen LogP contribution in [0.2, 0.25) is 0 Å². The highest BCUT2D eigenvalue weighted by atomic mass is 16.6. The number of benzene rings is 1. The molecule has 184 valence electrons. The Morgan fingerprint density at radius 1 is 1.20 bits per heavy atom. The molecule has 3 aliphatic rings. The van der Waals surface area contributed by atoms with E-state index in [0.717, 1.165) is 35.5 Å². The number of nitrogens with zero attached hydrogens (tertiary/aromatic N) is 4. The number of hydrogen-bond donors (Lipinski definition) is 0. The van der Waals surface area contributed by atoms with E-state index in [4.69, 9.17) is 9.47 Å². The van der Waals surface area contributed by atoms with Crippen molar-refractivity contribution in [3.8, 4) is 17.0 Å². The number of imidazole rings is 1. The predicted molar refractivity (Wildman–Crippen MR) is 132 cm³/mol. The van der Waals surface area contributed by atoms with Crippen molar-refractivity contribution in [2.75, 3.05) is 6.61 Å². The average molecular weight is 475 g/mol. The Bertz CT molecular complexity index is 1240. The van der Waals surface area contributed by atoms with Crippen molar-refractivity contribution < 1.29 is 14.3 Å². The number of carbonyl (C=O) groups excluding carboxylic acids is 1. The Morgan fingerprint density at radius 2 is 2.06 bits per heavy atom. The van der Waals surface area contributed by atoms with E-state index >= 15 is 0 Å². The van der Waals surface area contributed by atoms with Crippen molar-refractivity contribution in [1.29, 1.82) is 0 Å². The van der Waals surface area contributed by atoms with E-state index in [1.54, 1.807) is 6.33 Å².